The predicted molar refractivity (Wildman–Crippen MR) is 72.9 cm³/mol. The Balaban J connectivity index is 1.87. The molecule has 0 N–H and O–H groups in total. The molecule has 2 fully saturated rings. The highest BCUT2D eigenvalue weighted by atomic mass is 35.5. The van der Waals surface area contributed by atoms with Gasteiger partial charge in [-0.3, -0.25) is 4.57 Å². The van der Waals surface area contributed by atoms with Crippen LogP contribution in [0.25, 0.3) is 0 Å². The maximum absolute atomic E-state index is 6.30. The van der Waals surface area contributed by atoms with Crippen molar-refractivity contribution in [1.29, 1.82) is 0 Å². The van der Waals surface area contributed by atoms with Crippen LogP contribution in [0.5, 0.6) is 0 Å². The Labute approximate surface area is 114 Å². The minimum absolute atomic E-state index is 0.517. The third-order valence-electron chi connectivity index (χ3n) is 4.57. The van der Waals surface area contributed by atoms with Gasteiger partial charge in [0.15, 0.2) is 0 Å². The van der Waals surface area contributed by atoms with Crippen molar-refractivity contribution in [3.63, 3.8) is 0 Å². The molecule has 3 nitrogen and oxygen atoms in total. The Bertz CT molecular complexity index is 405. The van der Waals surface area contributed by atoms with Crippen molar-refractivity contribution in [1.82, 2.24) is 14.8 Å². The van der Waals surface area contributed by atoms with Gasteiger partial charge < -0.3 is 0 Å². The molecule has 0 spiro atoms. The van der Waals surface area contributed by atoms with E-state index in [1.165, 1.54) is 44.9 Å². The molecule has 1 unspecified atom stereocenters. The van der Waals surface area contributed by atoms with Gasteiger partial charge in [-0.2, -0.15) is 0 Å². The van der Waals surface area contributed by atoms with Crippen molar-refractivity contribution in [2.45, 2.75) is 70.3 Å². The molecule has 4 heteroatoms. The van der Waals surface area contributed by atoms with Crippen molar-refractivity contribution >= 4 is 11.6 Å². The fraction of sp³-hybridized carbons (Fsp3) is 0.857. The lowest BCUT2D eigenvalue weighted by Gasteiger charge is -2.31. The molecule has 2 aliphatic rings. The van der Waals surface area contributed by atoms with Crippen molar-refractivity contribution in [2.75, 3.05) is 0 Å². The van der Waals surface area contributed by atoms with Crippen molar-refractivity contribution in [2.24, 2.45) is 5.92 Å². The molecule has 18 heavy (non-hydrogen) atoms. The Morgan fingerprint density at radius 3 is 2.50 bits per heavy atom. The summed E-state index contributed by atoms with van der Waals surface area (Å²) in [6.45, 7) is 2.27. The van der Waals surface area contributed by atoms with E-state index in [0.717, 1.165) is 18.2 Å². The molecule has 1 aromatic rings. The quantitative estimate of drug-likeness (QED) is 0.812. The predicted octanol–water partition coefficient (Wildman–Crippen LogP) is 4.34. The first kappa shape index (κ1) is 12.5. The van der Waals surface area contributed by atoms with Gasteiger partial charge in [0, 0.05) is 12.0 Å². The highest BCUT2D eigenvalue weighted by molar-refractivity contribution is 6.28. The summed E-state index contributed by atoms with van der Waals surface area (Å²) in [7, 11) is 0. The second-order valence-electron chi connectivity index (χ2n) is 5.85. The average molecular weight is 268 g/mol. The molecule has 1 heterocycles. The van der Waals surface area contributed by atoms with Gasteiger partial charge in [-0.05, 0) is 49.6 Å². The van der Waals surface area contributed by atoms with Gasteiger partial charge >= 0.3 is 0 Å². The molecule has 0 radical (unpaired) electrons. The molecule has 0 aliphatic heterocycles. The summed E-state index contributed by atoms with van der Waals surface area (Å²) in [5, 5.41) is 9.05. The summed E-state index contributed by atoms with van der Waals surface area (Å²) in [6.07, 6.45) is 10.5. The zero-order valence-corrected chi connectivity index (χ0v) is 11.9. The van der Waals surface area contributed by atoms with E-state index in [4.69, 9.17) is 11.6 Å². The third kappa shape index (κ3) is 2.29. The van der Waals surface area contributed by atoms with E-state index in [-0.39, 0.29) is 0 Å². The highest BCUT2D eigenvalue weighted by Crippen LogP contribution is 2.43. The lowest BCUT2D eigenvalue weighted by Crippen LogP contribution is -2.23. The maximum Gasteiger partial charge on any atom is 0.225 e. The van der Waals surface area contributed by atoms with Crippen LogP contribution < -0.4 is 0 Å². The molecule has 0 bridgehead atoms. The van der Waals surface area contributed by atoms with Gasteiger partial charge in [0.1, 0.15) is 5.82 Å². The van der Waals surface area contributed by atoms with Crippen LogP contribution in [-0.4, -0.2) is 14.8 Å². The van der Waals surface area contributed by atoms with Crippen molar-refractivity contribution < 1.29 is 0 Å². The number of rotatable bonds is 4. The zero-order valence-electron chi connectivity index (χ0n) is 11.1. The van der Waals surface area contributed by atoms with Crippen LogP contribution in [0.1, 0.15) is 76.1 Å². The van der Waals surface area contributed by atoms with E-state index in [0.29, 0.717) is 17.2 Å². The summed E-state index contributed by atoms with van der Waals surface area (Å²) in [5.41, 5.74) is 0. The van der Waals surface area contributed by atoms with Gasteiger partial charge in [0.25, 0.3) is 0 Å². The summed E-state index contributed by atoms with van der Waals surface area (Å²) >= 11 is 6.30. The standard InChI is InChI=1S/C14H22ClN3/c1-2-12(10-6-4-3-5-7-10)18-13(11-8-9-11)16-17-14(18)15/h10-12H,2-9H2,1H3. The summed E-state index contributed by atoms with van der Waals surface area (Å²) in [4.78, 5) is 0. The Kier molecular flexibility index (Phi) is 3.60. The molecular formula is C14H22ClN3. The highest BCUT2D eigenvalue weighted by Gasteiger charge is 2.34. The monoisotopic (exact) mass is 267 g/mol. The largest absolute Gasteiger partial charge is 0.298 e. The first-order valence-corrected chi connectivity index (χ1v) is 7.79. The second kappa shape index (κ2) is 5.20. The van der Waals surface area contributed by atoms with Crippen LogP contribution in [0.4, 0.5) is 0 Å². The van der Waals surface area contributed by atoms with Crippen LogP contribution in [0.2, 0.25) is 5.28 Å². The normalized spacial score (nSPS) is 23.2. The van der Waals surface area contributed by atoms with Gasteiger partial charge in [0.05, 0.1) is 0 Å². The second-order valence-corrected chi connectivity index (χ2v) is 6.18. The van der Waals surface area contributed by atoms with Crippen molar-refractivity contribution in [3.8, 4) is 0 Å². The lowest BCUT2D eigenvalue weighted by atomic mass is 9.82. The van der Waals surface area contributed by atoms with Gasteiger partial charge in [-0.25, -0.2) is 0 Å². The maximum atomic E-state index is 6.30. The topological polar surface area (TPSA) is 30.7 Å². The van der Waals surface area contributed by atoms with E-state index >= 15 is 0 Å². The summed E-state index contributed by atoms with van der Waals surface area (Å²) in [6, 6.07) is 0.517. The molecule has 2 saturated carbocycles. The first-order chi connectivity index (χ1) is 8.81. The van der Waals surface area contributed by atoms with Gasteiger partial charge in [0.2, 0.25) is 5.28 Å². The van der Waals surface area contributed by atoms with E-state index in [9.17, 15) is 0 Å². The first-order valence-electron chi connectivity index (χ1n) is 7.41. The minimum atomic E-state index is 0.517. The van der Waals surface area contributed by atoms with E-state index < -0.39 is 0 Å². The van der Waals surface area contributed by atoms with Gasteiger partial charge in [-0.15, -0.1) is 10.2 Å². The molecular weight excluding hydrogens is 246 g/mol. The molecule has 0 amide bonds. The fourth-order valence-corrected chi connectivity index (χ4v) is 3.71. The molecule has 3 rings (SSSR count). The van der Waals surface area contributed by atoms with Crippen LogP contribution >= 0.6 is 11.6 Å². The summed E-state index contributed by atoms with van der Waals surface area (Å²) < 4.78 is 2.26. The number of hydrogen-bond acceptors (Lipinski definition) is 2. The number of nitrogens with zero attached hydrogens (tertiary/aromatic N) is 3. The molecule has 100 valence electrons. The van der Waals surface area contributed by atoms with Gasteiger partial charge in [-0.1, -0.05) is 26.2 Å². The van der Waals surface area contributed by atoms with Crippen LogP contribution in [0, 0.1) is 5.92 Å². The van der Waals surface area contributed by atoms with Crippen molar-refractivity contribution in [3.05, 3.63) is 11.1 Å². The molecule has 1 atom stereocenters. The smallest absolute Gasteiger partial charge is 0.225 e. The third-order valence-corrected chi connectivity index (χ3v) is 4.82. The summed E-state index contributed by atoms with van der Waals surface area (Å²) in [5.74, 6) is 2.55. The molecule has 1 aromatic heterocycles. The zero-order chi connectivity index (χ0) is 12.5. The average Bonchev–Trinajstić information content (AvgIpc) is 3.18. The molecule has 0 aromatic carbocycles. The van der Waals surface area contributed by atoms with Crippen LogP contribution in [-0.2, 0) is 0 Å². The van der Waals surface area contributed by atoms with Crippen LogP contribution in [0.3, 0.4) is 0 Å². The number of halogens is 1. The van der Waals surface area contributed by atoms with E-state index in [2.05, 4.69) is 21.7 Å². The van der Waals surface area contributed by atoms with E-state index in [1.54, 1.807) is 0 Å². The number of aromatic nitrogens is 3. The van der Waals surface area contributed by atoms with Crippen LogP contribution in [0.15, 0.2) is 0 Å². The van der Waals surface area contributed by atoms with E-state index in [1.807, 2.05) is 0 Å². The molecule has 2 aliphatic carbocycles. The fourth-order valence-electron chi connectivity index (χ4n) is 3.46. The minimum Gasteiger partial charge on any atom is -0.298 e. The Hall–Kier alpha value is -0.570. The Morgan fingerprint density at radius 1 is 1.17 bits per heavy atom. The lowest BCUT2D eigenvalue weighted by molar-refractivity contribution is 0.239. The SMILES string of the molecule is CCC(C1CCCCC1)n1c(Cl)nnc1C1CC1. The Morgan fingerprint density at radius 2 is 1.89 bits per heavy atom. The molecule has 0 saturated heterocycles. The number of hydrogen-bond donors (Lipinski definition) is 0.